The van der Waals surface area contributed by atoms with Gasteiger partial charge in [0.25, 0.3) is 0 Å². The first-order chi connectivity index (χ1) is 6.99. The molecule has 0 aromatic heterocycles. The van der Waals surface area contributed by atoms with E-state index in [1.807, 2.05) is 13.8 Å². The van der Waals surface area contributed by atoms with Crippen molar-refractivity contribution in [1.29, 1.82) is 0 Å². The van der Waals surface area contributed by atoms with Gasteiger partial charge in [-0.15, -0.1) is 0 Å². The van der Waals surface area contributed by atoms with Gasteiger partial charge in [0.05, 0.1) is 5.69 Å². The lowest BCUT2D eigenvalue weighted by Gasteiger charge is -2.08. The maximum Gasteiger partial charge on any atom is 0.224 e. The molecule has 82 valence electrons. The average Bonchev–Trinajstić information content (AvgIpc) is 2.08. The number of anilines is 1. The molecule has 0 radical (unpaired) electrons. The van der Waals surface area contributed by atoms with Crippen LogP contribution in [0.3, 0.4) is 0 Å². The number of nitrogens with one attached hydrogen (secondary N) is 1. The highest BCUT2D eigenvalue weighted by Crippen LogP contribution is 2.19. The van der Waals surface area contributed by atoms with Crippen LogP contribution in [0.15, 0.2) is 18.2 Å². The maximum absolute atomic E-state index is 13.2. The fourth-order valence-corrected chi connectivity index (χ4v) is 1.18. The molecule has 1 aromatic carbocycles. The standard InChI is InChI=1S/C11H14FNO2/c1-7(2)5-11(15)13-10-4-3-8(14)6-9(10)12/h3-4,6-7,14H,5H2,1-2H3,(H,13,15). The van der Waals surface area contributed by atoms with Crippen LogP contribution >= 0.6 is 0 Å². The van der Waals surface area contributed by atoms with Gasteiger partial charge in [-0.3, -0.25) is 4.79 Å². The minimum Gasteiger partial charge on any atom is -0.508 e. The normalized spacial score (nSPS) is 10.4. The SMILES string of the molecule is CC(C)CC(=O)Nc1ccc(O)cc1F. The highest BCUT2D eigenvalue weighted by atomic mass is 19.1. The van der Waals surface area contributed by atoms with E-state index in [1.165, 1.54) is 12.1 Å². The van der Waals surface area contributed by atoms with Crippen LogP contribution in [0.5, 0.6) is 5.75 Å². The molecular weight excluding hydrogens is 197 g/mol. The summed E-state index contributed by atoms with van der Waals surface area (Å²) in [6.07, 6.45) is 0.348. The van der Waals surface area contributed by atoms with Crippen molar-refractivity contribution in [3.8, 4) is 5.75 Å². The second-order valence-corrected chi connectivity index (χ2v) is 3.81. The Morgan fingerprint density at radius 2 is 2.20 bits per heavy atom. The number of carbonyl (C=O) groups is 1. The summed E-state index contributed by atoms with van der Waals surface area (Å²) in [4.78, 5) is 11.3. The number of hydrogen-bond acceptors (Lipinski definition) is 2. The number of carbonyl (C=O) groups excluding carboxylic acids is 1. The molecule has 0 aliphatic rings. The maximum atomic E-state index is 13.2. The van der Waals surface area contributed by atoms with Gasteiger partial charge in [0, 0.05) is 12.5 Å². The van der Waals surface area contributed by atoms with Crippen LogP contribution in [0.4, 0.5) is 10.1 Å². The topological polar surface area (TPSA) is 49.3 Å². The van der Waals surface area contributed by atoms with Crippen molar-refractivity contribution < 1.29 is 14.3 Å². The Bertz CT molecular complexity index is 364. The van der Waals surface area contributed by atoms with E-state index in [4.69, 9.17) is 5.11 Å². The van der Waals surface area contributed by atoms with Crippen molar-refractivity contribution in [2.75, 3.05) is 5.32 Å². The van der Waals surface area contributed by atoms with Gasteiger partial charge in [-0.1, -0.05) is 13.8 Å². The third kappa shape index (κ3) is 3.58. The second-order valence-electron chi connectivity index (χ2n) is 3.81. The molecule has 0 aliphatic carbocycles. The number of phenols is 1. The number of amides is 1. The first-order valence-electron chi connectivity index (χ1n) is 4.77. The molecule has 1 amide bonds. The van der Waals surface area contributed by atoms with Crippen LogP contribution in [-0.2, 0) is 4.79 Å². The van der Waals surface area contributed by atoms with Gasteiger partial charge in [-0.2, -0.15) is 0 Å². The Morgan fingerprint density at radius 3 is 2.73 bits per heavy atom. The van der Waals surface area contributed by atoms with Crippen molar-refractivity contribution >= 4 is 11.6 Å². The molecule has 15 heavy (non-hydrogen) atoms. The second kappa shape index (κ2) is 4.77. The summed E-state index contributed by atoms with van der Waals surface area (Å²) in [5, 5.41) is 11.4. The zero-order valence-electron chi connectivity index (χ0n) is 8.75. The van der Waals surface area contributed by atoms with Crippen LogP contribution in [0.2, 0.25) is 0 Å². The fraction of sp³-hybridized carbons (Fsp3) is 0.364. The summed E-state index contributed by atoms with van der Waals surface area (Å²) in [5.41, 5.74) is 0.0958. The summed E-state index contributed by atoms with van der Waals surface area (Å²) in [5.74, 6) is -0.791. The number of benzene rings is 1. The molecule has 4 heteroatoms. The predicted octanol–water partition coefficient (Wildman–Crippen LogP) is 2.52. The first-order valence-corrected chi connectivity index (χ1v) is 4.77. The van der Waals surface area contributed by atoms with Gasteiger partial charge in [0.1, 0.15) is 11.6 Å². The van der Waals surface area contributed by atoms with Crippen molar-refractivity contribution in [1.82, 2.24) is 0 Å². The van der Waals surface area contributed by atoms with Crippen molar-refractivity contribution in [3.63, 3.8) is 0 Å². The molecule has 1 aromatic rings. The molecule has 0 saturated heterocycles. The molecule has 0 fully saturated rings. The molecule has 3 nitrogen and oxygen atoms in total. The minimum atomic E-state index is -0.632. The van der Waals surface area contributed by atoms with Gasteiger partial charge < -0.3 is 10.4 Å². The summed E-state index contributed by atoms with van der Waals surface area (Å²) in [6, 6.07) is 3.63. The van der Waals surface area contributed by atoms with E-state index in [1.54, 1.807) is 0 Å². The molecule has 2 N–H and O–H groups in total. The Kier molecular flexibility index (Phi) is 3.66. The number of phenolic OH excluding ortho intramolecular Hbond substituents is 1. The molecule has 1 rings (SSSR count). The smallest absolute Gasteiger partial charge is 0.224 e. The molecule has 0 spiro atoms. The van der Waals surface area contributed by atoms with Gasteiger partial charge >= 0.3 is 0 Å². The van der Waals surface area contributed by atoms with Gasteiger partial charge in [-0.25, -0.2) is 4.39 Å². The Hall–Kier alpha value is -1.58. The van der Waals surface area contributed by atoms with Crippen LogP contribution in [0.25, 0.3) is 0 Å². The lowest BCUT2D eigenvalue weighted by atomic mass is 10.1. The van der Waals surface area contributed by atoms with Crippen molar-refractivity contribution in [2.45, 2.75) is 20.3 Å². The van der Waals surface area contributed by atoms with E-state index in [2.05, 4.69) is 5.32 Å². The third-order valence-electron chi connectivity index (χ3n) is 1.82. The Morgan fingerprint density at radius 1 is 1.53 bits per heavy atom. The molecule has 0 unspecified atom stereocenters. The zero-order chi connectivity index (χ0) is 11.4. The average molecular weight is 211 g/mol. The van der Waals surface area contributed by atoms with E-state index in [9.17, 15) is 9.18 Å². The van der Waals surface area contributed by atoms with E-state index in [0.29, 0.717) is 6.42 Å². The lowest BCUT2D eigenvalue weighted by molar-refractivity contribution is -0.116. The zero-order valence-corrected chi connectivity index (χ0v) is 8.75. The summed E-state index contributed by atoms with van der Waals surface area (Å²) in [6.45, 7) is 3.82. The minimum absolute atomic E-state index is 0.0958. The molecule has 0 atom stereocenters. The van der Waals surface area contributed by atoms with Crippen LogP contribution < -0.4 is 5.32 Å². The van der Waals surface area contributed by atoms with Crippen LogP contribution in [-0.4, -0.2) is 11.0 Å². The van der Waals surface area contributed by atoms with Crippen LogP contribution in [0, 0.1) is 11.7 Å². The third-order valence-corrected chi connectivity index (χ3v) is 1.82. The Labute approximate surface area is 87.9 Å². The monoisotopic (exact) mass is 211 g/mol. The lowest BCUT2D eigenvalue weighted by Crippen LogP contribution is -2.14. The first kappa shape index (κ1) is 11.5. The molecule has 0 aliphatic heterocycles. The highest BCUT2D eigenvalue weighted by Gasteiger charge is 2.08. The highest BCUT2D eigenvalue weighted by molar-refractivity contribution is 5.90. The van der Waals surface area contributed by atoms with Crippen molar-refractivity contribution in [3.05, 3.63) is 24.0 Å². The predicted molar refractivity (Wildman–Crippen MR) is 56.1 cm³/mol. The number of rotatable bonds is 3. The molecular formula is C11H14FNO2. The van der Waals surface area contributed by atoms with Gasteiger partial charge in [0.15, 0.2) is 0 Å². The van der Waals surface area contributed by atoms with E-state index in [-0.39, 0.29) is 23.3 Å². The summed E-state index contributed by atoms with van der Waals surface area (Å²) >= 11 is 0. The summed E-state index contributed by atoms with van der Waals surface area (Å²) < 4.78 is 13.2. The van der Waals surface area contributed by atoms with Gasteiger partial charge in [-0.05, 0) is 18.1 Å². The fourth-order valence-electron chi connectivity index (χ4n) is 1.18. The van der Waals surface area contributed by atoms with E-state index in [0.717, 1.165) is 6.07 Å². The van der Waals surface area contributed by atoms with E-state index >= 15 is 0 Å². The molecule has 0 bridgehead atoms. The quantitative estimate of drug-likeness (QED) is 0.755. The Balaban J connectivity index is 2.68. The summed E-state index contributed by atoms with van der Waals surface area (Å²) in [7, 11) is 0. The van der Waals surface area contributed by atoms with E-state index < -0.39 is 5.82 Å². The van der Waals surface area contributed by atoms with Crippen LogP contribution in [0.1, 0.15) is 20.3 Å². The number of halogens is 1. The van der Waals surface area contributed by atoms with Crippen molar-refractivity contribution in [2.24, 2.45) is 5.92 Å². The molecule has 0 heterocycles. The number of aromatic hydroxyl groups is 1. The largest absolute Gasteiger partial charge is 0.508 e. The molecule has 0 saturated carbocycles. The number of hydrogen-bond donors (Lipinski definition) is 2. The van der Waals surface area contributed by atoms with Gasteiger partial charge in [0.2, 0.25) is 5.91 Å².